The van der Waals surface area contributed by atoms with Crippen molar-refractivity contribution in [2.24, 2.45) is 5.73 Å². The normalized spacial score (nSPS) is 10.7. The van der Waals surface area contributed by atoms with Crippen LogP contribution in [0.5, 0.6) is 0 Å². The molecule has 5 heteroatoms. The molecule has 0 saturated carbocycles. The molecule has 1 nitrogen and oxygen atoms in total. The van der Waals surface area contributed by atoms with Crippen LogP contribution in [0.25, 0.3) is 11.1 Å². The minimum absolute atomic E-state index is 0.0275. The molecule has 0 aliphatic rings. The summed E-state index contributed by atoms with van der Waals surface area (Å²) in [5.41, 5.74) is 6.46. The average molecular weight is 272 g/mol. The molecule has 0 aliphatic heterocycles. The van der Waals surface area contributed by atoms with Gasteiger partial charge in [0.15, 0.2) is 17.5 Å². The predicted octanol–water partition coefficient (Wildman–Crippen LogP) is 3.88. The van der Waals surface area contributed by atoms with E-state index in [2.05, 4.69) is 0 Å². The van der Waals surface area contributed by atoms with Crippen LogP contribution in [0.1, 0.15) is 5.56 Å². The Labute approximate surface area is 107 Å². The summed E-state index contributed by atoms with van der Waals surface area (Å²) in [5.74, 6) is -3.93. The first-order valence-electron chi connectivity index (χ1n) is 5.17. The fraction of sp³-hybridized carbons (Fsp3) is 0.0769. The van der Waals surface area contributed by atoms with E-state index in [0.29, 0.717) is 16.1 Å². The van der Waals surface area contributed by atoms with Crippen molar-refractivity contribution in [2.75, 3.05) is 0 Å². The Morgan fingerprint density at radius 2 is 1.72 bits per heavy atom. The molecule has 2 aromatic carbocycles. The highest BCUT2D eigenvalue weighted by Gasteiger charge is 2.15. The van der Waals surface area contributed by atoms with Crippen LogP contribution in [-0.2, 0) is 6.54 Å². The Balaban J connectivity index is 2.59. The Morgan fingerprint density at radius 3 is 2.39 bits per heavy atom. The molecular weight excluding hydrogens is 263 g/mol. The second-order valence-corrected chi connectivity index (χ2v) is 4.14. The Bertz CT molecular complexity index is 599. The van der Waals surface area contributed by atoms with Crippen LogP contribution >= 0.6 is 11.6 Å². The van der Waals surface area contributed by atoms with Gasteiger partial charge in [0.2, 0.25) is 0 Å². The number of nitrogens with two attached hydrogens (primary N) is 1. The molecule has 0 atom stereocenters. The van der Waals surface area contributed by atoms with Gasteiger partial charge in [0, 0.05) is 17.1 Å². The van der Waals surface area contributed by atoms with E-state index in [4.69, 9.17) is 17.3 Å². The van der Waals surface area contributed by atoms with Gasteiger partial charge >= 0.3 is 0 Å². The SMILES string of the molecule is NCc1cc(-c2ccc(F)c(F)c2F)ccc1Cl. The molecule has 94 valence electrons. The van der Waals surface area contributed by atoms with Gasteiger partial charge < -0.3 is 5.73 Å². The number of rotatable bonds is 2. The third-order valence-corrected chi connectivity index (χ3v) is 2.98. The molecule has 0 bridgehead atoms. The summed E-state index contributed by atoms with van der Waals surface area (Å²) in [6.07, 6.45) is 0. The second-order valence-electron chi connectivity index (χ2n) is 3.73. The highest BCUT2D eigenvalue weighted by Crippen LogP contribution is 2.29. The lowest BCUT2D eigenvalue weighted by Crippen LogP contribution is -1.99. The van der Waals surface area contributed by atoms with Crippen molar-refractivity contribution in [3.05, 3.63) is 58.4 Å². The van der Waals surface area contributed by atoms with Gasteiger partial charge in [-0.25, -0.2) is 13.2 Å². The molecule has 0 aromatic heterocycles. The molecule has 0 spiro atoms. The van der Waals surface area contributed by atoms with Crippen LogP contribution in [0, 0.1) is 17.5 Å². The fourth-order valence-electron chi connectivity index (χ4n) is 1.65. The maximum absolute atomic E-state index is 13.6. The second kappa shape index (κ2) is 5.00. The summed E-state index contributed by atoms with van der Waals surface area (Å²) in [5, 5.41) is 0.448. The third-order valence-electron chi connectivity index (χ3n) is 2.61. The van der Waals surface area contributed by atoms with Gasteiger partial charge in [0.25, 0.3) is 0 Å². The summed E-state index contributed by atoms with van der Waals surface area (Å²) < 4.78 is 39.6. The highest BCUT2D eigenvalue weighted by molar-refractivity contribution is 6.31. The van der Waals surface area contributed by atoms with Gasteiger partial charge in [-0.05, 0) is 35.4 Å². The number of halogens is 4. The maximum Gasteiger partial charge on any atom is 0.195 e. The van der Waals surface area contributed by atoms with Crippen molar-refractivity contribution >= 4 is 11.6 Å². The van der Waals surface area contributed by atoms with E-state index in [1.807, 2.05) is 0 Å². The molecule has 2 rings (SSSR count). The van der Waals surface area contributed by atoms with Gasteiger partial charge in [-0.3, -0.25) is 0 Å². The molecule has 0 aliphatic carbocycles. The van der Waals surface area contributed by atoms with E-state index >= 15 is 0 Å². The van der Waals surface area contributed by atoms with Crippen LogP contribution in [0.3, 0.4) is 0 Å². The quantitative estimate of drug-likeness (QED) is 0.824. The van der Waals surface area contributed by atoms with Crippen molar-refractivity contribution in [1.29, 1.82) is 0 Å². The van der Waals surface area contributed by atoms with E-state index in [1.165, 1.54) is 12.1 Å². The summed E-state index contributed by atoms with van der Waals surface area (Å²) in [7, 11) is 0. The summed E-state index contributed by atoms with van der Waals surface area (Å²) in [6, 6.07) is 6.68. The molecule has 0 amide bonds. The van der Waals surface area contributed by atoms with Crippen LogP contribution in [0.15, 0.2) is 30.3 Å². The monoisotopic (exact) mass is 271 g/mol. The van der Waals surface area contributed by atoms with Crippen molar-refractivity contribution in [1.82, 2.24) is 0 Å². The van der Waals surface area contributed by atoms with Gasteiger partial charge in [-0.15, -0.1) is 0 Å². The first kappa shape index (κ1) is 12.9. The molecule has 2 N–H and O–H groups in total. The van der Waals surface area contributed by atoms with Crippen LogP contribution < -0.4 is 5.73 Å². The minimum atomic E-state index is -1.49. The zero-order valence-electron chi connectivity index (χ0n) is 9.18. The zero-order chi connectivity index (χ0) is 13.3. The van der Waals surface area contributed by atoms with Crippen molar-refractivity contribution < 1.29 is 13.2 Å². The lowest BCUT2D eigenvalue weighted by Gasteiger charge is -2.08. The van der Waals surface area contributed by atoms with Gasteiger partial charge in [-0.2, -0.15) is 0 Å². The topological polar surface area (TPSA) is 26.0 Å². The van der Waals surface area contributed by atoms with Crippen molar-refractivity contribution in [2.45, 2.75) is 6.54 Å². The molecule has 0 saturated heterocycles. The molecule has 18 heavy (non-hydrogen) atoms. The predicted molar refractivity (Wildman–Crippen MR) is 64.7 cm³/mol. The fourth-order valence-corrected chi connectivity index (χ4v) is 1.84. The largest absolute Gasteiger partial charge is 0.326 e. The summed E-state index contributed by atoms with van der Waals surface area (Å²) in [6.45, 7) is 0.179. The molecule has 2 aromatic rings. The first-order chi connectivity index (χ1) is 8.54. The number of hydrogen-bond donors (Lipinski definition) is 1. The van der Waals surface area contributed by atoms with Gasteiger partial charge in [-0.1, -0.05) is 17.7 Å². The first-order valence-corrected chi connectivity index (χ1v) is 5.54. The Hall–Kier alpha value is -1.52. The molecule has 0 fully saturated rings. The van der Waals surface area contributed by atoms with Gasteiger partial charge in [0.05, 0.1) is 0 Å². The smallest absolute Gasteiger partial charge is 0.195 e. The van der Waals surface area contributed by atoms with E-state index in [9.17, 15) is 13.2 Å². The molecular formula is C13H9ClF3N. The number of hydrogen-bond acceptors (Lipinski definition) is 1. The van der Waals surface area contributed by atoms with Crippen molar-refractivity contribution in [3.63, 3.8) is 0 Å². The minimum Gasteiger partial charge on any atom is -0.326 e. The average Bonchev–Trinajstić information content (AvgIpc) is 2.37. The standard InChI is InChI=1S/C13H9ClF3N/c14-10-3-1-7(5-8(10)6-18)9-2-4-11(15)13(17)12(9)16/h1-5H,6,18H2. The van der Waals surface area contributed by atoms with Crippen molar-refractivity contribution in [3.8, 4) is 11.1 Å². The molecule has 0 unspecified atom stereocenters. The van der Waals surface area contributed by atoms with Gasteiger partial charge in [0.1, 0.15) is 0 Å². The van der Waals surface area contributed by atoms with Crippen LogP contribution in [0.4, 0.5) is 13.2 Å². The van der Waals surface area contributed by atoms with Crippen LogP contribution in [-0.4, -0.2) is 0 Å². The highest BCUT2D eigenvalue weighted by atomic mass is 35.5. The molecule has 0 heterocycles. The summed E-state index contributed by atoms with van der Waals surface area (Å²) in [4.78, 5) is 0. The van der Waals surface area contributed by atoms with E-state index in [1.54, 1.807) is 12.1 Å². The summed E-state index contributed by atoms with van der Waals surface area (Å²) >= 11 is 5.87. The van der Waals surface area contributed by atoms with Crippen LogP contribution in [0.2, 0.25) is 5.02 Å². The lowest BCUT2D eigenvalue weighted by molar-refractivity contribution is 0.449. The lowest BCUT2D eigenvalue weighted by atomic mass is 10.0. The Morgan fingerprint density at radius 1 is 1.00 bits per heavy atom. The van der Waals surface area contributed by atoms with E-state index in [-0.39, 0.29) is 12.1 Å². The maximum atomic E-state index is 13.6. The zero-order valence-corrected chi connectivity index (χ0v) is 9.94. The Kier molecular flexibility index (Phi) is 3.59. The number of benzene rings is 2. The van der Waals surface area contributed by atoms with E-state index < -0.39 is 17.5 Å². The van der Waals surface area contributed by atoms with E-state index in [0.717, 1.165) is 6.07 Å². The third kappa shape index (κ3) is 2.21. The molecule has 0 radical (unpaired) electrons.